The number of benzene rings is 1. The molecule has 2 aromatic rings. The van der Waals surface area contributed by atoms with Crippen molar-refractivity contribution in [2.45, 2.75) is 32.1 Å². The monoisotopic (exact) mass is 376 g/mol. The molecule has 1 aromatic heterocycles. The lowest BCUT2D eigenvalue weighted by Gasteiger charge is -2.26. The molecule has 0 bridgehead atoms. The Kier molecular flexibility index (Phi) is 6.02. The molecule has 1 N–H and O–H groups in total. The van der Waals surface area contributed by atoms with Crippen LogP contribution in [0, 0.1) is 0 Å². The molecular formula is C23H28N4O. The number of carbonyl (C=O) groups is 1. The number of piperidine rings is 1. The smallest absolute Gasteiger partial charge is 0.257 e. The molecule has 5 nitrogen and oxygen atoms in total. The Labute approximate surface area is 167 Å². The molecule has 1 aromatic carbocycles. The highest BCUT2D eigenvalue weighted by Crippen LogP contribution is 2.35. The normalized spacial score (nSPS) is 17.1. The highest BCUT2D eigenvalue weighted by molar-refractivity contribution is 6.12. The zero-order valence-electron chi connectivity index (χ0n) is 16.3. The minimum Gasteiger partial charge on any atom is -0.320 e. The molecule has 146 valence electrons. The van der Waals surface area contributed by atoms with Gasteiger partial charge in [-0.2, -0.15) is 0 Å². The van der Waals surface area contributed by atoms with Gasteiger partial charge in [-0.25, -0.2) is 4.98 Å². The maximum Gasteiger partial charge on any atom is 0.257 e. The van der Waals surface area contributed by atoms with Crippen molar-refractivity contribution >= 4 is 23.1 Å². The van der Waals surface area contributed by atoms with Crippen LogP contribution in [0.4, 0.5) is 17.2 Å². The maximum atomic E-state index is 12.6. The minimum atomic E-state index is -0.0853. The van der Waals surface area contributed by atoms with Gasteiger partial charge in [0, 0.05) is 12.7 Å². The third kappa shape index (κ3) is 4.25. The van der Waals surface area contributed by atoms with Crippen molar-refractivity contribution in [3.8, 4) is 0 Å². The summed E-state index contributed by atoms with van der Waals surface area (Å²) in [7, 11) is 0. The molecule has 0 saturated carbocycles. The summed E-state index contributed by atoms with van der Waals surface area (Å²) in [6, 6.07) is 11.5. The standard InChI is InChI=1S/C23H28N4O/c28-23-19-11-4-5-13-21(19)27(22-20(25-23)12-10-14-24-22)18-9-2-1-6-15-26-16-7-3-8-17-26/h2,4-5,9-14H,1,3,6-8,15-18H2,(H,25,28)/b9-2+. The van der Waals surface area contributed by atoms with E-state index in [1.807, 2.05) is 36.4 Å². The fourth-order valence-corrected chi connectivity index (χ4v) is 4.01. The lowest BCUT2D eigenvalue weighted by molar-refractivity contribution is 0.102. The molecule has 0 atom stereocenters. The van der Waals surface area contributed by atoms with E-state index in [1.165, 1.54) is 45.3 Å². The lowest BCUT2D eigenvalue weighted by atomic mass is 10.1. The molecule has 2 aliphatic rings. The zero-order valence-corrected chi connectivity index (χ0v) is 16.3. The fourth-order valence-electron chi connectivity index (χ4n) is 4.01. The lowest BCUT2D eigenvalue weighted by Crippen LogP contribution is -2.30. The number of aromatic nitrogens is 1. The van der Waals surface area contributed by atoms with Crippen LogP contribution in [0.3, 0.4) is 0 Å². The van der Waals surface area contributed by atoms with Gasteiger partial charge >= 0.3 is 0 Å². The molecule has 1 fully saturated rings. The van der Waals surface area contributed by atoms with Gasteiger partial charge in [-0.15, -0.1) is 0 Å². The van der Waals surface area contributed by atoms with E-state index in [0.29, 0.717) is 12.1 Å². The number of hydrogen-bond acceptors (Lipinski definition) is 4. The van der Waals surface area contributed by atoms with Gasteiger partial charge in [0.2, 0.25) is 0 Å². The van der Waals surface area contributed by atoms with Crippen LogP contribution >= 0.6 is 0 Å². The summed E-state index contributed by atoms with van der Waals surface area (Å²) in [6.07, 6.45) is 12.6. The number of hydrogen-bond donors (Lipinski definition) is 1. The van der Waals surface area contributed by atoms with Crippen molar-refractivity contribution in [1.29, 1.82) is 0 Å². The first-order valence-corrected chi connectivity index (χ1v) is 10.3. The summed E-state index contributed by atoms with van der Waals surface area (Å²) in [5.41, 5.74) is 2.33. The maximum absolute atomic E-state index is 12.6. The van der Waals surface area contributed by atoms with Crippen LogP contribution in [0.5, 0.6) is 0 Å². The number of rotatable bonds is 6. The number of nitrogens with zero attached hydrogens (tertiary/aromatic N) is 3. The third-order valence-electron chi connectivity index (χ3n) is 5.48. The van der Waals surface area contributed by atoms with E-state index in [2.05, 4.69) is 32.3 Å². The van der Waals surface area contributed by atoms with E-state index in [0.717, 1.165) is 23.6 Å². The van der Waals surface area contributed by atoms with Crippen LogP contribution in [0.15, 0.2) is 54.7 Å². The second-order valence-corrected chi connectivity index (χ2v) is 7.47. The molecule has 2 aliphatic heterocycles. The van der Waals surface area contributed by atoms with Gasteiger partial charge in [0.05, 0.1) is 16.9 Å². The molecular weight excluding hydrogens is 348 g/mol. The van der Waals surface area contributed by atoms with Crippen LogP contribution in [0.25, 0.3) is 0 Å². The number of unbranched alkanes of at least 4 members (excludes halogenated alkanes) is 1. The van der Waals surface area contributed by atoms with E-state index in [1.54, 1.807) is 6.20 Å². The number of pyridine rings is 1. The Hall–Kier alpha value is -2.66. The summed E-state index contributed by atoms with van der Waals surface area (Å²) in [4.78, 5) is 21.8. The molecule has 4 rings (SSSR count). The summed E-state index contributed by atoms with van der Waals surface area (Å²) in [5.74, 6) is 0.705. The van der Waals surface area contributed by atoms with Crippen molar-refractivity contribution in [3.05, 3.63) is 60.3 Å². The summed E-state index contributed by atoms with van der Waals surface area (Å²) in [6.45, 7) is 4.41. The minimum absolute atomic E-state index is 0.0853. The predicted molar refractivity (Wildman–Crippen MR) is 114 cm³/mol. The van der Waals surface area contributed by atoms with Gasteiger partial charge in [-0.1, -0.05) is 30.7 Å². The quantitative estimate of drug-likeness (QED) is 0.591. The van der Waals surface area contributed by atoms with Gasteiger partial charge in [0.25, 0.3) is 5.91 Å². The molecule has 1 amide bonds. The Morgan fingerprint density at radius 3 is 2.79 bits per heavy atom. The molecule has 1 saturated heterocycles. The van der Waals surface area contributed by atoms with Gasteiger partial charge < -0.3 is 15.1 Å². The Morgan fingerprint density at radius 1 is 1.04 bits per heavy atom. The van der Waals surface area contributed by atoms with Crippen molar-refractivity contribution < 1.29 is 4.79 Å². The number of likely N-dealkylation sites (tertiary alicyclic amines) is 1. The Morgan fingerprint density at radius 2 is 1.89 bits per heavy atom. The summed E-state index contributed by atoms with van der Waals surface area (Å²) in [5, 5.41) is 2.98. The second-order valence-electron chi connectivity index (χ2n) is 7.47. The largest absolute Gasteiger partial charge is 0.320 e. The predicted octanol–water partition coefficient (Wildman–Crippen LogP) is 4.61. The number of nitrogens with one attached hydrogen (secondary N) is 1. The molecule has 0 spiro atoms. The number of fused-ring (bicyclic) bond motifs is 2. The summed E-state index contributed by atoms with van der Waals surface area (Å²) >= 11 is 0. The van der Waals surface area contributed by atoms with Crippen LogP contribution in [0.2, 0.25) is 0 Å². The van der Waals surface area contributed by atoms with Crippen molar-refractivity contribution in [3.63, 3.8) is 0 Å². The van der Waals surface area contributed by atoms with Gasteiger partial charge in [-0.3, -0.25) is 4.79 Å². The van der Waals surface area contributed by atoms with E-state index in [-0.39, 0.29) is 5.91 Å². The topological polar surface area (TPSA) is 48.5 Å². The van der Waals surface area contributed by atoms with Gasteiger partial charge in [0.1, 0.15) is 0 Å². The zero-order chi connectivity index (χ0) is 19.2. The van der Waals surface area contributed by atoms with E-state index in [9.17, 15) is 4.79 Å². The average Bonchev–Trinajstić information content (AvgIpc) is 2.86. The fraction of sp³-hybridized carbons (Fsp3) is 0.391. The Balaban J connectivity index is 1.43. The number of carbonyl (C=O) groups excluding carboxylic acids is 1. The average molecular weight is 377 g/mol. The first-order chi connectivity index (χ1) is 13.8. The number of anilines is 3. The number of allylic oxidation sites excluding steroid dienone is 1. The molecule has 0 unspecified atom stereocenters. The molecule has 0 aliphatic carbocycles. The van der Waals surface area contributed by atoms with Crippen LogP contribution < -0.4 is 10.2 Å². The third-order valence-corrected chi connectivity index (χ3v) is 5.48. The van der Waals surface area contributed by atoms with E-state index in [4.69, 9.17) is 0 Å². The highest BCUT2D eigenvalue weighted by Gasteiger charge is 2.24. The Bertz CT molecular complexity index is 842. The molecule has 3 heterocycles. The van der Waals surface area contributed by atoms with Crippen LogP contribution in [0.1, 0.15) is 42.5 Å². The first-order valence-electron chi connectivity index (χ1n) is 10.3. The van der Waals surface area contributed by atoms with Crippen molar-refractivity contribution in [2.75, 3.05) is 36.4 Å². The SMILES string of the molecule is O=C1Nc2cccnc2N(C/C=C/CCCN2CCCCC2)c2ccccc21. The summed E-state index contributed by atoms with van der Waals surface area (Å²) < 4.78 is 0. The van der Waals surface area contributed by atoms with E-state index < -0.39 is 0 Å². The van der Waals surface area contributed by atoms with Crippen LogP contribution in [-0.4, -0.2) is 42.0 Å². The van der Waals surface area contributed by atoms with Gasteiger partial charge in [0.15, 0.2) is 5.82 Å². The second kappa shape index (κ2) is 9.02. The molecule has 5 heteroatoms. The molecule has 0 radical (unpaired) electrons. The van der Waals surface area contributed by atoms with Crippen molar-refractivity contribution in [1.82, 2.24) is 9.88 Å². The highest BCUT2D eigenvalue weighted by atomic mass is 16.1. The molecule has 28 heavy (non-hydrogen) atoms. The van der Waals surface area contributed by atoms with Crippen molar-refractivity contribution in [2.24, 2.45) is 0 Å². The van der Waals surface area contributed by atoms with E-state index >= 15 is 0 Å². The van der Waals surface area contributed by atoms with Crippen LogP contribution in [-0.2, 0) is 0 Å². The first kappa shape index (κ1) is 18.7. The number of amides is 1. The van der Waals surface area contributed by atoms with Gasteiger partial charge in [-0.05, 0) is 69.6 Å². The number of para-hydroxylation sites is 1.